The van der Waals surface area contributed by atoms with E-state index in [4.69, 9.17) is 27.9 Å². The number of carbonyl (C=O) groups is 2. The highest BCUT2D eigenvalue weighted by Crippen LogP contribution is 2.31. The Morgan fingerprint density at radius 3 is 2.00 bits per heavy atom. The molecule has 1 aliphatic carbocycles. The number of ether oxygens (including phenoxy) is 1. The molecule has 0 aliphatic heterocycles. The van der Waals surface area contributed by atoms with E-state index in [1.807, 2.05) is 0 Å². The second kappa shape index (κ2) is 4.15. The Bertz CT molecular complexity index is 340. The third-order valence-corrected chi connectivity index (χ3v) is 2.58. The molecule has 0 heterocycles. The first-order valence-electron chi connectivity index (χ1n) is 3.99. The first-order chi connectivity index (χ1) is 6.50. The summed E-state index contributed by atoms with van der Waals surface area (Å²) in [6, 6.07) is 0. The first kappa shape index (κ1) is 11.3. The van der Waals surface area contributed by atoms with Crippen LogP contribution in [0.2, 0.25) is 0 Å². The zero-order valence-corrected chi connectivity index (χ0v) is 9.20. The van der Waals surface area contributed by atoms with E-state index < -0.39 is 11.6 Å². The van der Waals surface area contributed by atoms with Gasteiger partial charge in [-0.3, -0.25) is 9.59 Å². The number of allylic oxidation sites excluding steroid dienone is 4. The number of hydrogen-bond donors (Lipinski definition) is 0. The summed E-state index contributed by atoms with van der Waals surface area (Å²) < 4.78 is 5.06. The third-order valence-electron chi connectivity index (χ3n) is 1.76. The molecule has 0 amide bonds. The molecule has 0 unspecified atom stereocenters. The molecule has 0 aromatic heterocycles. The van der Waals surface area contributed by atoms with Crippen LogP contribution in [0.5, 0.6) is 0 Å². The van der Waals surface area contributed by atoms with E-state index in [9.17, 15) is 9.59 Å². The predicted molar refractivity (Wildman–Crippen MR) is 53.1 cm³/mol. The molecule has 0 aromatic rings. The lowest BCUT2D eigenvalue weighted by Gasteiger charge is -2.04. The number of halogens is 2. The SMILES string of the molecule is CCOC(C)=C1C(=O)C(Cl)=C(Cl)C1=O. The molecule has 0 radical (unpaired) electrons. The fourth-order valence-electron chi connectivity index (χ4n) is 1.13. The number of Topliss-reactive ketones (excluding diaryl/α,β-unsaturated/α-hetero) is 2. The molecular formula is C9H8Cl2O3. The van der Waals surface area contributed by atoms with E-state index in [2.05, 4.69) is 0 Å². The standard InChI is InChI=1S/C9H8Cl2O3/c1-3-14-4(2)5-8(12)6(10)7(11)9(5)13/h3H2,1-2H3. The maximum Gasteiger partial charge on any atom is 0.213 e. The molecule has 76 valence electrons. The van der Waals surface area contributed by atoms with Crippen molar-refractivity contribution in [3.05, 3.63) is 21.4 Å². The zero-order chi connectivity index (χ0) is 10.9. The van der Waals surface area contributed by atoms with Crippen LogP contribution in [0.1, 0.15) is 13.8 Å². The van der Waals surface area contributed by atoms with Gasteiger partial charge in [0.2, 0.25) is 11.6 Å². The highest BCUT2D eigenvalue weighted by atomic mass is 35.5. The summed E-state index contributed by atoms with van der Waals surface area (Å²) in [5, 5.41) is -0.462. The van der Waals surface area contributed by atoms with Crippen LogP contribution in [0, 0.1) is 0 Å². The summed E-state index contributed by atoms with van der Waals surface area (Å²) >= 11 is 11.1. The Balaban J connectivity index is 3.15. The van der Waals surface area contributed by atoms with Crippen molar-refractivity contribution < 1.29 is 14.3 Å². The van der Waals surface area contributed by atoms with Crippen molar-refractivity contribution in [1.29, 1.82) is 0 Å². The smallest absolute Gasteiger partial charge is 0.213 e. The van der Waals surface area contributed by atoms with Gasteiger partial charge in [-0.05, 0) is 13.8 Å². The van der Waals surface area contributed by atoms with Crippen molar-refractivity contribution in [1.82, 2.24) is 0 Å². The van der Waals surface area contributed by atoms with Crippen molar-refractivity contribution in [2.24, 2.45) is 0 Å². The van der Waals surface area contributed by atoms with E-state index in [0.29, 0.717) is 6.61 Å². The summed E-state index contributed by atoms with van der Waals surface area (Å²) in [7, 11) is 0. The van der Waals surface area contributed by atoms with Gasteiger partial charge < -0.3 is 4.74 Å². The van der Waals surface area contributed by atoms with Gasteiger partial charge in [0.05, 0.1) is 6.61 Å². The minimum Gasteiger partial charge on any atom is -0.498 e. The van der Waals surface area contributed by atoms with Gasteiger partial charge >= 0.3 is 0 Å². The second-order valence-electron chi connectivity index (χ2n) is 2.65. The molecule has 0 saturated carbocycles. The summed E-state index contributed by atoms with van der Waals surface area (Å²) in [5.74, 6) is -0.864. The van der Waals surface area contributed by atoms with Crippen LogP contribution in [0.4, 0.5) is 0 Å². The highest BCUT2D eigenvalue weighted by Gasteiger charge is 2.36. The molecule has 1 aliphatic rings. The van der Waals surface area contributed by atoms with Gasteiger partial charge in [-0.2, -0.15) is 0 Å². The normalized spacial score (nSPS) is 16.7. The van der Waals surface area contributed by atoms with E-state index in [1.165, 1.54) is 6.92 Å². The molecule has 0 fully saturated rings. The molecule has 0 saturated heterocycles. The Morgan fingerprint density at radius 2 is 1.64 bits per heavy atom. The summed E-state index contributed by atoms with van der Waals surface area (Å²) in [6.45, 7) is 3.67. The molecule has 1 rings (SSSR count). The molecule has 0 aromatic carbocycles. The molecule has 3 nitrogen and oxygen atoms in total. The van der Waals surface area contributed by atoms with E-state index >= 15 is 0 Å². The Hall–Kier alpha value is -0.800. The lowest BCUT2D eigenvalue weighted by Crippen LogP contribution is -2.08. The van der Waals surface area contributed by atoms with Gasteiger partial charge in [0.1, 0.15) is 21.4 Å². The number of rotatable bonds is 2. The van der Waals surface area contributed by atoms with Gasteiger partial charge in [0.15, 0.2) is 0 Å². The fourth-order valence-corrected chi connectivity index (χ4v) is 1.49. The first-order valence-corrected chi connectivity index (χ1v) is 4.74. The molecule has 0 atom stereocenters. The molecule has 0 bridgehead atoms. The van der Waals surface area contributed by atoms with Crippen molar-refractivity contribution in [3.63, 3.8) is 0 Å². The minimum atomic E-state index is -0.562. The number of carbonyl (C=O) groups excluding carboxylic acids is 2. The average molecular weight is 235 g/mol. The molecule has 0 N–H and O–H groups in total. The van der Waals surface area contributed by atoms with Crippen molar-refractivity contribution >= 4 is 34.8 Å². The number of hydrogen-bond acceptors (Lipinski definition) is 3. The Kier molecular flexibility index (Phi) is 3.34. The van der Waals surface area contributed by atoms with Crippen LogP contribution in [-0.2, 0) is 14.3 Å². The van der Waals surface area contributed by atoms with Gasteiger partial charge in [-0.25, -0.2) is 0 Å². The molecule has 14 heavy (non-hydrogen) atoms. The Labute approximate surface area is 91.3 Å². The second-order valence-corrected chi connectivity index (χ2v) is 3.41. The predicted octanol–water partition coefficient (Wildman–Crippen LogP) is 2.14. The maximum absolute atomic E-state index is 11.4. The van der Waals surface area contributed by atoms with Crippen LogP contribution in [0.3, 0.4) is 0 Å². The monoisotopic (exact) mass is 234 g/mol. The quantitative estimate of drug-likeness (QED) is 0.418. The van der Waals surface area contributed by atoms with Gasteiger partial charge in [0.25, 0.3) is 0 Å². The summed E-state index contributed by atoms with van der Waals surface area (Å²) in [5.41, 5.74) is -0.0677. The molecule has 0 spiro atoms. The van der Waals surface area contributed by atoms with Crippen LogP contribution in [-0.4, -0.2) is 18.2 Å². The fraction of sp³-hybridized carbons (Fsp3) is 0.333. The lowest BCUT2D eigenvalue weighted by molar-refractivity contribution is -0.115. The highest BCUT2D eigenvalue weighted by molar-refractivity contribution is 6.64. The topological polar surface area (TPSA) is 43.4 Å². The number of ketones is 2. The van der Waals surface area contributed by atoms with Gasteiger partial charge in [-0.15, -0.1) is 0 Å². The molecule has 5 heteroatoms. The van der Waals surface area contributed by atoms with Crippen molar-refractivity contribution in [2.45, 2.75) is 13.8 Å². The zero-order valence-electron chi connectivity index (χ0n) is 7.69. The van der Waals surface area contributed by atoms with E-state index in [-0.39, 0.29) is 21.4 Å². The summed E-state index contributed by atoms with van der Waals surface area (Å²) in [6.07, 6.45) is 0. The van der Waals surface area contributed by atoms with E-state index in [0.717, 1.165) is 0 Å². The average Bonchev–Trinajstić information content (AvgIpc) is 2.32. The van der Waals surface area contributed by atoms with E-state index in [1.54, 1.807) is 6.92 Å². The largest absolute Gasteiger partial charge is 0.498 e. The Morgan fingerprint density at radius 1 is 1.21 bits per heavy atom. The van der Waals surface area contributed by atoms with Gasteiger partial charge in [0, 0.05) is 0 Å². The van der Waals surface area contributed by atoms with Crippen molar-refractivity contribution in [2.75, 3.05) is 6.61 Å². The van der Waals surface area contributed by atoms with Crippen LogP contribution in [0.25, 0.3) is 0 Å². The minimum absolute atomic E-state index is 0.0677. The lowest BCUT2D eigenvalue weighted by atomic mass is 10.1. The van der Waals surface area contributed by atoms with Gasteiger partial charge in [-0.1, -0.05) is 23.2 Å². The van der Waals surface area contributed by atoms with Crippen LogP contribution in [0.15, 0.2) is 21.4 Å². The van der Waals surface area contributed by atoms with Crippen molar-refractivity contribution in [3.8, 4) is 0 Å². The molecular weight excluding hydrogens is 227 g/mol. The maximum atomic E-state index is 11.4. The third kappa shape index (κ3) is 1.70. The summed E-state index contributed by atoms with van der Waals surface area (Å²) in [4.78, 5) is 22.8. The van der Waals surface area contributed by atoms with Crippen LogP contribution < -0.4 is 0 Å². The van der Waals surface area contributed by atoms with Crippen LogP contribution >= 0.6 is 23.2 Å².